The van der Waals surface area contributed by atoms with Gasteiger partial charge in [0.2, 0.25) is 0 Å². The number of nitrogens with one attached hydrogen (secondary N) is 1. The Morgan fingerprint density at radius 2 is 2.38 bits per heavy atom. The van der Waals surface area contributed by atoms with Crippen molar-refractivity contribution in [2.24, 2.45) is 0 Å². The van der Waals surface area contributed by atoms with Crippen LogP contribution in [0.4, 0.5) is 0 Å². The molecule has 1 aromatic heterocycles. The predicted octanol–water partition coefficient (Wildman–Crippen LogP) is 1.43. The Labute approximate surface area is 78.6 Å². The van der Waals surface area contributed by atoms with E-state index >= 15 is 0 Å². The number of aromatic nitrogens is 2. The Hall–Kier alpha value is -0.960. The molecule has 2 rings (SSSR count). The standard InChI is InChI=1S/C10H15N3/c1-8-11-6-5-10(13-8)7-12-9-3-2-4-9/h5-6,9,12H,2-4,7H2,1H3. The van der Waals surface area contributed by atoms with Gasteiger partial charge in [-0.1, -0.05) is 6.42 Å². The van der Waals surface area contributed by atoms with Crippen LogP contribution in [0.3, 0.4) is 0 Å². The van der Waals surface area contributed by atoms with Gasteiger partial charge in [-0.2, -0.15) is 0 Å². The number of hydrogen-bond donors (Lipinski definition) is 1. The molecular weight excluding hydrogens is 162 g/mol. The summed E-state index contributed by atoms with van der Waals surface area (Å²) < 4.78 is 0. The SMILES string of the molecule is Cc1nccc(CNC2CCC2)n1. The highest BCUT2D eigenvalue weighted by Crippen LogP contribution is 2.18. The number of rotatable bonds is 3. The molecule has 0 saturated heterocycles. The first-order valence-electron chi connectivity index (χ1n) is 4.86. The third kappa shape index (κ3) is 2.25. The summed E-state index contributed by atoms with van der Waals surface area (Å²) in [6, 6.07) is 2.70. The third-order valence-corrected chi connectivity index (χ3v) is 2.51. The van der Waals surface area contributed by atoms with Gasteiger partial charge >= 0.3 is 0 Å². The third-order valence-electron chi connectivity index (χ3n) is 2.51. The van der Waals surface area contributed by atoms with E-state index in [2.05, 4.69) is 15.3 Å². The average molecular weight is 177 g/mol. The summed E-state index contributed by atoms with van der Waals surface area (Å²) in [6.07, 6.45) is 5.84. The summed E-state index contributed by atoms with van der Waals surface area (Å²) in [5.41, 5.74) is 1.10. The molecule has 1 fully saturated rings. The van der Waals surface area contributed by atoms with Crippen molar-refractivity contribution in [3.05, 3.63) is 23.8 Å². The molecule has 1 aliphatic rings. The van der Waals surface area contributed by atoms with Gasteiger partial charge in [0.25, 0.3) is 0 Å². The molecule has 70 valence electrons. The Morgan fingerprint density at radius 1 is 1.54 bits per heavy atom. The van der Waals surface area contributed by atoms with E-state index in [1.54, 1.807) is 0 Å². The summed E-state index contributed by atoms with van der Waals surface area (Å²) in [5.74, 6) is 0.855. The largest absolute Gasteiger partial charge is 0.308 e. The summed E-state index contributed by atoms with van der Waals surface area (Å²) in [6.45, 7) is 2.81. The van der Waals surface area contributed by atoms with E-state index < -0.39 is 0 Å². The first-order valence-corrected chi connectivity index (χ1v) is 4.86. The van der Waals surface area contributed by atoms with Crippen LogP contribution in [-0.2, 0) is 6.54 Å². The molecule has 0 aliphatic heterocycles. The zero-order chi connectivity index (χ0) is 9.10. The van der Waals surface area contributed by atoms with Gasteiger partial charge in [-0.05, 0) is 25.8 Å². The fourth-order valence-corrected chi connectivity index (χ4v) is 1.46. The van der Waals surface area contributed by atoms with Crippen LogP contribution < -0.4 is 5.32 Å². The maximum absolute atomic E-state index is 4.33. The van der Waals surface area contributed by atoms with E-state index in [-0.39, 0.29) is 0 Å². The fraction of sp³-hybridized carbons (Fsp3) is 0.600. The monoisotopic (exact) mass is 177 g/mol. The van der Waals surface area contributed by atoms with E-state index in [1.165, 1.54) is 19.3 Å². The van der Waals surface area contributed by atoms with E-state index in [9.17, 15) is 0 Å². The molecule has 1 heterocycles. The number of hydrogen-bond acceptors (Lipinski definition) is 3. The molecule has 3 nitrogen and oxygen atoms in total. The molecule has 1 saturated carbocycles. The first kappa shape index (κ1) is 8.63. The van der Waals surface area contributed by atoms with Crippen molar-refractivity contribution in [3.8, 4) is 0 Å². The molecule has 1 N–H and O–H groups in total. The Bertz CT molecular complexity index is 281. The van der Waals surface area contributed by atoms with Gasteiger partial charge in [-0.3, -0.25) is 0 Å². The molecule has 13 heavy (non-hydrogen) atoms. The van der Waals surface area contributed by atoms with E-state index in [0.717, 1.165) is 24.1 Å². The fourth-order valence-electron chi connectivity index (χ4n) is 1.46. The Balaban J connectivity index is 1.86. The second-order valence-electron chi connectivity index (χ2n) is 3.60. The van der Waals surface area contributed by atoms with Gasteiger partial charge < -0.3 is 5.32 Å². The van der Waals surface area contributed by atoms with Crippen LogP contribution in [0.15, 0.2) is 12.3 Å². The molecule has 0 amide bonds. The molecule has 0 aromatic carbocycles. The maximum atomic E-state index is 4.33. The van der Waals surface area contributed by atoms with E-state index in [1.807, 2.05) is 19.2 Å². The quantitative estimate of drug-likeness (QED) is 0.759. The van der Waals surface area contributed by atoms with Crippen molar-refractivity contribution in [2.75, 3.05) is 0 Å². The van der Waals surface area contributed by atoms with Crippen LogP contribution in [0, 0.1) is 6.92 Å². The summed E-state index contributed by atoms with van der Waals surface area (Å²) in [7, 11) is 0. The van der Waals surface area contributed by atoms with Crippen LogP contribution in [0.1, 0.15) is 30.8 Å². The number of aryl methyl sites for hydroxylation is 1. The minimum absolute atomic E-state index is 0.732. The highest BCUT2D eigenvalue weighted by Gasteiger charge is 2.16. The van der Waals surface area contributed by atoms with Crippen molar-refractivity contribution >= 4 is 0 Å². The van der Waals surface area contributed by atoms with Crippen molar-refractivity contribution in [1.29, 1.82) is 0 Å². The van der Waals surface area contributed by atoms with Gasteiger partial charge in [0.15, 0.2) is 0 Å². The predicted molar refractivity (Wildman–Crippen MR) is 51.2 cm³/mol. The lowest BCUT2D eigenvalue weighted by atomic mass is 9.93. The lowest BCUT2D eigenvalue weighted by Gasteiger charge is -2.26. The van der Waals surface area contributed by atoms with Gasteiger partial charge in [0, 0.05) is 18.8 Å². The van der Waals surface area contributed by atoms with Crippen LogP contribution in [0.5, 0.6) is 0 Å². The molecule has 1 aromatic rings. The molecule has 3 heteroatoms. The smallest absolute Gasteiger partial charge is 0.125 e. The second-order valence-corrected chi connectivity index (χ2v) is 3.60. The van der Waals surface area contributed by atoms with Gasteiger partial charge in [0.05, 0.1) is 5.69 Å². The van der Waals surface area contributed by atoms with Gasteiger partial charge in [-0.15, -0.1) is 0 Å². The summed E-state index contributed by atoms with van der Waals surface area (Å²) >= 11 is 0. The Kier molecular flexibility index (Phi) is 2.54. The van der Waals surface area contributed by atoms with Crippen molar-refractivity contribution < 1.29 is 0 Å². The number of nitrogens with zero attached hydrogens (tertiary/aromatic N) is 2. The van der Waals surface area contributed by atoms with Gasteiger partial charge in [0.1, 0.15) is 5.82 Å². The van der Waals surface area contributed by atoms with Crippen LogP contribution in [0.25, 0.3) is 0 Å². The van der Waals surface area contributed by atoms with Crippen LogP contribution in [0.2, 0.25) is 0 Å². The van der Waals surface area contributed by atoms with E-state index in [4.69, 9.17) is 0 Å². The Morgan fingerprint density at radius 3 is 3.00 bits per heavy atom. The molecule has 1 aliphatic carbocycles. The van der Waals surface area contributed by atoms with Crippen molar-refractivity contribution in [3.63, 3.8) is 0 Å². The molecule has 0 unspecified atom stereocenters. The summed E-state index contributed by atoms with van der Waals surface area (Å²) in [4.78, 5) is 8.39. The zero-order valence-electron chi connectivity index (χ0n) is 7.95. The van der Waals surface area contributed by atoms with Crippen molar-refractivity contribution in [1.82, 2.24) is 15.3 Å². The van der Waals surface area contributed by atoms with Crippen molar-refractivity contribution in [2.45, 2.75) is 38.8 Å². The lowest BCUT2D eigenvalue weighted by Crippen LogP contribution is -2.34. The summed E-state index contributed by atoms with van der Waals surface area (Å²) in [5, 5.41) is 3.47. The lowest BCUT2D eigenvalue weighted by molar-refractivity contribution is 0.337. The van der Waals surface area contributed by atoms with Crippen LogP contribution >= 0.6 is 0 Å². The average Bonchev–Trinajstić information content (AvgIpc) is 2.01. The first-order chi connectivity index (χ1) is 6.34. The topological polar surface area (TPSA) is 37.8 Å². The van der Waals surface area contributed by atoms with Crippen LogP contribution in [-0.4, -0.2) is 16.0 Å². The molecule has 0 atom stereocenters. The minimum Gasteiger partial charge on any atom is -0.308 e. The molecular formula is C10H15N3. The molecule has 0 bridgehead atoms. The normalized spacial score (nSPS) is 17.0. The second kappa shape index (κ2) is 3.83. The zero-order valence-corrected chi connectivity index (χ0v) is 7.95. The minimum atomic E-state index is 0.732. The van der Waals surface area contributed by atoms with E-state index in [0.29, 0.717) is 0 Å². The molecule has 0 radical (unpaired) electrons. The van der Waals surface area contributed by atoms with Gasteiger partial charge in [-0.25, -0.2) is 9.97 Å². The maximum Gasteiger partial charge on any atom is 0.125 e. The highest BCUT2D eigenvalue weighted by molar-refractivity contribution is 5.01. The highest BCUT2D eigenvalue weighted by atomic mass is 15.0. The molecule has 0 spiro atoms.